The first-order valence-corrected chi connectivity index (χ1v) is 4.86. The molecule has 0 fully saturated rings. The van der Waals surface area contributed by atoms with Gasteiger partial charge in [-0.1, -0.05) is 0 Å². The van der Waals surface area contributed by atoms with Gasteiger partial charge in [0.2, 0.25) is 0 Å². The molecular weight excluding hydrogens is 328 g/mol. The lowest BCUT2D eigenvalue weighted by atomic mass is 10.1. The van der Waals surface area contributed by atoms with E-state index in [9.17, 15) is 18.0 Å². The van der Waals surface area contributed by atoms with Gasteiger partial charge < -0.3 is 5.11 Å². The summed E-state index contributed by atoms with van der Waals surface area (Å²) in [6, 6.07) is 0. The van der Waals surface area contributed by atoms with Gasteiger partial charge in [0.15, 0.2) is 5.92 Å². The fraction of sp³-hybridized carbons (Fsp3) is 0.429. The molecular formula is C7H6F3IN2O2. The minimum atomic E-state index is -4.76. The molecule has 1 N–H and O–H groups in total. The van der Waals surface area contributed by atoms with Gasteiger partial charge in [0.25, 0.3) is 0 Å². The lowest BCUT2D eigenvalue weighted by molar-refractivity contribution is -0.196. The van der Waals surface area contributed by atoms with E-state index >= 15 is 0 Å². The van der Waals surface area contributed by atoms with E-state index < -0.39 is 24.6 Å². The van der Waals surface area contributed by atoms with Crippen LogP contribution in [0.15, 0.2) is 12.4 Å². The number of alkyl halides is 3. The first-order valence-electron chi connectivity index (χ1n) is 3.78. The van der Waals surface area contributed by atoms with Crippen LogP contribution in [-0.4, -0.2) is 27.0 Å². The van der Waals surface area contributed by atoms with E-state index in [0.29, 0.717) is 3.57 Å². The van der Waals surface area contributed by atoms with Crippen LogP contribution in [0.1, 0.15) is 0 Å². The van der Waals surface area contributed by atoms with Gasteiger partial charge in [-0.05, 0) is 22.6 Å². The highest BCUT2D eigenvalue weighted by Gasteiger charge is 2.45. The molecule has 4 nitrogen and oxygen atoms in total. The number of nitrogens with zero attached hydrogens (tertiary/aromatic N) is 2. The van der Waals surface area contributed by atoms with Crippen molar-refractivity contribution in [1.29, 1.82) is 0 Å². The summed E-state index contributed by atoms with van der Waals surface area (Å²) >= 11 is 1.87. The van der Waals surface area contributed by atoms with Crippen LogP contribution >= 0.6 is 22.6 Å². The number of hydrogen-bond donors (Lipinski definition) is 1. The highest BCUT2D eigenvalue weighted by Crippen LogP contribution is 2.27. The molecule has 1 aromatic rings. The maximum Gasteiger partial charge on any atom is 0.404 e. The minimum absolute atomic E-state index is 0.652. The zero-order valence-electron chi connectivity index (χ0n) is 7.20. The summed E-state index contributed by atoms with van der Waals surface area (Å²) in [4.78, 5) is 10.4. The first kappa shape index (κ1) is 12.3. The summed E-state index contributed by atoms with van der Waals surface area (Å²) < 4.78 is 38.3. The molecule has 0 amide bonds. The third kappa shape index (κ3) is 3.36. The Morgan fingerprint density at radius 3 is 2.60 bits per heavy atom. The van der Waals surface area contributed by atoms with E-state index in [1.807, 2.05) is 22.6 Å². The SMILES string of the molecule is O=C(O)C(Cn1cc(I)cn1)C(F)(F)F. The van der Waals surface area contributed by atoms with Crippen molar-refractivity contribution >= 4 is 28.6 Å². The van der Waals surface area contributed by atoms with Gasteiger partial charge in [-0.2, -0.15) is 18.3 Å². The molecule has 8 heteroatoms. The van der Waals surface area contributed by atoms with Gasteiger partial charge in [-0.25, -0.2) is 0 Å². The molecule has 0 aliphatic rings. The van der Waals surface area contributed by atoms with Crippen molar-refractivity contribution in [3.63, 3.8) is 0 Å². The summed E-state index contributed by atoms with van der Waals surface area (Å²) in [7, 11) is 0. The third-order valence-corrected chi connectivity index (χ3v) is 2.22. The summed E-state index contributed by atoms with van der Waals surface area (Å²) in [5, 5.41) is 12.0. The van der Waals surface area contributed by atoms with Crippen molar-refractivity contribution < 1.29 is 23.1 Å². The van der Waals surface area contributed by atoms with Gasteiger partial charge in [-0.3, -0.25) is 9.48 Å². The quantitative estimate of drug-likeness (QED) is 0.857. The number of carboxylic acids is 1. The maximum atomic E-state index is 12.2. The standard InChI is InChI=1S/C7H6F3IN2O2/c8-7(9,10)5(6(14)15)3-13-2-4(11)1-12-13/h1-2,5H,3H2,(H,14,15). The Balaban J connectivity index is 2.81. The Morgan fingerprint density at radius 2 is 2.27 bits per heavy atom. The van der Waals surface area contributed by atoms with Crippen molar-refractivity contribution in [2.75, 3.05) is 0 Å². The summed E-state index contributed by atoms with van der Waals surface area (Å²) in [6.07, 6.45) is -2.05. The Hall–Kier alpha value is -0.800. The predicted octanol–water partition coefficient (Wildman–Crippen LogP) is 1.75. The van der Waals surface area contributed by atoms with Crippen LogP contribution < -0.4 is 0 Å². The molecule has 0 spiro atoms. The van der Waals surface area contributed by atoms with Crippen molar-refractivity contribution in [2.24, 2.45) is 5.92 Å². The summed E-state index contributed by atoms with van der Waals surface area (Å²) in [5.41, 5.74) is 0. The third-order valence-electron chi connectivity index (χ3n) is 1.66. The van der Waals surface area contributed by atoms with Crippen molar-refractivity contribution in [2.45, 2.75) is 12.7 Å². The van der Waals surface area contributed by atoms with E-state index in [0.717, 1.165) is 4.68 Å². The van der Waals surface area contributed by atoms with Crippen molar-refractivity contribution in [1.82, 2.24) is 9.78 Å². The summed E-state index contributed by atoms with van der Waals surface area (Å²) in [6.45, 7) is -0.707. The molecule has 84 valence electrons. The van der Waals surface area contributed by atoms with Gasteiger partial charge in [0.1, 0.15) is 0 Å². The lowest BCUT2D eigenvalue weighted by Crippen LogP contribution is -2.34. The molecule has 1 atom stereocenters. The van der Waals surface area contributed by atoms with E-state index in [1.54, 1.807) is 0 Å². The highest BCUT2D eigenvalue weighted by molar-refractivity contribution is 14.1. The van der Waals surface area contributed by atoms with Crippen LogP contribution in [0.3, 0.4) is 0 Å². The largest absolute Gasteiger partial charge is 0.481 e. The molecule has 0 aromatic carbocycles. The number of aliphatic carboxylic acids is 1. The molecule has 0 radical (unpaired) electrons. The average molecular weight is 334 g/mol. The Kier molecular flexibility index (Phi) is 3.58. The first-order chi connectivity index (χ1) is 6.80. The lowest BCUT2D eigenvalue weighted by Gasteiger charge is -2.15. The van der Waals surface area contributed by atoms with Gasteiger partial charge in [0, 0.05) is 6.20 Å². The molecule has 1 aromatic heterocycles. The Morgan fingerprint density at radius 1 is 1.67 bits per heavy atom. The highest BCUT2D eigenvalue weighted by atomic mass is 127. The molecule has 1 rings (SSSR count). The van der Waals surface area contributed by atoms with E-state index in [4.69, 9.17) is 5.11 Å². The molecule has 1 heterocycles. The monoisotopic (exact) mass is 334 g/mol. The normalized spacial score (nSPS) is 13.9. The summed E-state index contributed by atoms with van der Waals surface area (Å²) in [5.74, 6) is -4.32. The second-order valence-corrected chi connectivity index (χ2v) is 4.06. The maximum absolute atomic E-state index is 12.2. The molecule has 0 aliphatic carbocycles. The Labute approximate surface area is 96.2 Å². The van der Waals surface area contributed by atoms with Gasteiger partial charge >= 0.3 is 12.1 Å². The molecule has 15 heavy (non-hydrogen) atoms. The van der Waals surface area contributed by atoms with E-state index in [1.165, 1.54) is 12.4 Å². The van der Waals surface area contributed by atoms with Crippen molar-refractivity contribution in [3.8, 4) is 0 Å². The topological polar surface area (TPSA) is 55.1 Å². The number of carboxylic acid groups (broad SMARTS) is 1. The molecule has 0 aliphatic heterocycles. The number of halogens is 4. The smallest absolute Gasteiger partial charge is 0.404 e. The number of rotatable bonds is 3. The second-order valence-electron chi connectivity index (χ2n) is 2.81. The van der Waals surface area contributed by atoms with Crippen molar-refractivity contribution in [3.05, 3.63) is 16.0 Å². The number of aromatic nitrogens is 2. The predicted molar refractivity (Wildman–Crippen MR) is 52.1 cm³/mol. The average Bonchev–Trinajstić information content (AvgIpc) is 2.44. The molecule has 1 unspecified atom stereocenters. The van der Waals surface area contributed by atoms with Crippen LogP contribution in [0.4, 0.5) is 13.2 Å². The zero-order valence-corrected chi connectivity index (χ0v) is 9.36. The molecule has 0 saturated heterocycles. The Bertz CT molecular complexity index is 363. The van der Waals surface area contributed by atoms with E-state index in [2.05, 4.69) is 5.10 Å². The number of carbonyl (C=O) groups is 1. The van der Waals surface area contributed by atoms with Gasteiger partial charge in [0.05, 0.1) is 16.3 Å². The van der Waals surface area contributed by atoms with Crippen LogP contribution in [0, 0.1) is 9.49 Å². The number of hydrogen-bond acceptors (Lipinski definition) is 2. The fourth-order valence-electron chi connectivity index (χ4n) is 0.947. The fourth-order valence-corrected chi connectivity index (χ4v) is 1.39. The minimum Gasteiger partial charge on any atom is -0.481 e. The van der Waals surface area contributed by atoms with Crippen LogP contribution in [-0.2, 0) is 11.3 Å². The van der Waals surface area contributed by atoms with Crippen LogP contribution in [0.2, 0.25) is 0 Å². The van der Waals surface area contributed by atoms with Crippen LogP contribution in [0.25, 0.3) is 0 Å². The zero-order chi connectivity index (χ0) is 11.6. The molecule has 0 bridgehead atoms. The second kappa shape index (κ2) is 4.37. The van der Waals surface area contributed by atoms with Gasteiger partial charge in [-0.15, -0.1) is 0 Å². The van der Waals surface area contributed by atoms with E-state index in [-0.39, 0.29) is 0 Å². The van der Waals surface area contributed by atoms with Crippen LogP contribution in [0.5, 0.6) is 0 Å². The molecule has 0 saturated carbocycles.